The SMILES string of the molecule is COc1ccc(/C(O)=C2\C(=O)C(=O)N(c3nc4ccc(F)cc4[nH]3)C2c2ccc(N(C)C)cc2)cc1C. The first-order valence-electron chi connectivity index (χ1n) is 11.6. The molecular formula is C28H25FN4O4. The Balaban J connectivity index is 1.71. The standard InChI is InChI=1S/C28H25FN4O4/c1-15-13-17(7-12-22(15)37-4)25(34)23-24(16-5-9-19(10-6-16)32(2)3)33(27(36)26(23)35)28-30-20-11-8-18(29)14-21(20)31-28/h5-14,24,34H,1-4H3,(H,30,31)/b25-23+. The van der Waals surface area contributed by atoms with Crippen molar-refractivity contribution in [2.45, 2.75) is 13.0 Å². The van der Waals surface area contributed by atoms with E-state index in [1.807, 2.05) is 38.1 Å². The molecule has 2 heterocycles. The highest BCUT2D eigenvalue weighted by Crippen LogP contribution is 2.42. The Morgan fingerprint density at radius 1 is 1.08 bits per heavy atom. The largest absolute Gasteiger partial charge is 0.507 e. The van der Waals surface area contributed by atoms with Gasteiger partial charge in [-0.1, -0.05) is 12.1 Å². The number of aryl methyl sites for hydroxylation is 1. The molecule has 0 spiro atoms. The molecule has 0 radical (unpaired) electrons. The minimum Gasteiger partial charge on any atom is -0.507 e. The van der Waals surface area contributed by atoms with Gasteiger partial charge in [0.25, 0.3) is 5.78 Å². The summed E-state index contributed by atoms with van der Waals surface area (Å²) < 4.78 is 19.1. The maximum Gasteiger partial charge on any atom is 0.302 e. The predicted molar refractivity (Wildman–Crippen MR) is 139 cm³/mol. The maximum atomic E-state index is 13.8. The van der Waals surface area contributed by atoms with Crippen molar-refractivity contribution in [1.29, 1.82) is 0 Å². The normalized spacial score (nSPS) is 17.0. The number of carbonyl (C=O) groups is 2. The third kappa shape index (κ3) is 4.08. The molecule has 1 amide bonds. The Bertz CT molecular complexity index is 1570. The van der Waals surface area contributed by atoms with Crippen LogP contribution < -0.4 is 14.5 Å². The van der Waals surface area contributed by atoms with Gasteiger partial charge in [0.2, 0.25) is 5.95 Å². The van der Waals surface area contributed by atoms with Crippen LogP contribution in [0, 0.1) is 12.7 Å². The zero-order chi connectivity index (χ0) is 26.4. The Hall–Kier alpha value is -4.66. The van der Waals surface area contributed by atoms with Crippen LogP contribution in [0.5, 0.6) is 5.75 Å². The molecule has 1 aliphatic rings. The van der Waals surface area contributed by atoms with E-state index in [9.17, 15) is 19.1 Å². The van der Waals surface area contributed by atoms with Crippen molar-refractivity contribution < 1.29 is 23.8 Å². The lowest BCUT2D eigenvalue weighted by atomic mass is 9.94. The number of amides is 1. The number of Topliss-reactive ketones (excluding diaryl/α,β-unsaturated/α-hetero) is 1. The fourth-order valence-corrected chi connectivity index (χ4v) is 4.58. The van der Waals surface area contributed by atoms with E-state index in [0.717, 1.165) is 11.3 Å². The van der Waals surface area contributed by atoms with Crippen molar-refractivity contribution in [3.8, 4) is 5.75 Å². The fourth-order valence-electron chi connectivity index (χ4n) is 4.58. The molecule has 0 saturated carbocycles. The van der Waals surface area contributed by atoms with Gasteiger partial charge >= 0.3 is 5.91 Å². The summed E-state index contributed by atoms with van der Waals surface area (Å²) in [6, 6.07) is 15.4. The zero-order valence-corrected chi connectivity index (χ0v) is 20.7. The number of hydrogen-bond donors (Lipinski definition) is 2. The van der Waals surface area contributed by atoms with Crippen LogP contribution >= 0.6 is 0 Å². The number of anilines is 2. The predicted octanol–water partition coefficient (Wildman–Crippen LogP) is 4.71. The highest BCUT2D eigenvalue weighted by atomic mass is 19.1. The first-order chi connectivity index (χ1) is 17.7. The smallest absolute Gasteiger partial charge is 0.302 e. The van der Waals surface area contributed by atoms with Crippen LogP contribution in [0.2, 0.25) is 0 Å². The average molecular weight is 501 g/mol. The second-order valence-corrected chi connectivity index (χ2v) is 9.06. The summed E-state index contributed by atoms with van der Waals surface area (Å²) in [6.45, 7) is 1.82. The second-order valence-electron chi connectivity index (χ2n) is 9.06. The zero-order valence-electron chi connectivity index (χ0n) is 20.7. The van der Waals surface area contributed by atoms with Crippen LogP contribution in [0.1, 0.15) is 22.7 Å². The third-order valence-electron chi connectivity index (χ3n) is 6.50. The molecule has 1 aromatic heterocycles. The number of hydrogen-bond acceptors (Lipinski definition) is 6. The molecular weight excluding hydrogens is 475 g/mol. The molecule has 1 saturated heterocycles. The molecule has 8 nitrogen and oxygen atoms in total. The van der Waals surface area contributed by atoms with Crippen LogP contribution in [0.4, 0.5) is 16.0 Å². The third-order valence-corrected chi connectivity index (χ3v) is 6.50. The summed E-state index contributed by atoms with van der Waals surface area (Å²) in [7, 11) is 5.35. The monoisotopic (exact) mass is 500 g/mol. The number of nitrogens with one attached hydrogen (secondary N) is 1. The number of aliphatic hydroxyl groups excluding tert-OH is 1. The number of fused-ring (bicyclic) bond motifs is 1. The maximum absolute atomic E-state index is 13.8. The summed E-state index contributed by atoms with van der Waals surface area (Å²) in [5.41, 5.74) is 3.40. The van der Waals surface area contributed by atoms with Crippen molar-refractivity contribution >= 4 is 40.1 Å². The number of ketones is 1. The van der Waals surface area contributed by atoms with Crippen molar-refractivity contribution in [2.75, 3.05) is 31.0 Å². The summed E-state index contributed by atoms with van der Waals surface area (Å²) in [6.07, 6.45) is 0. The number of methoxy groups -OCH3 is 1. The molecule has 4 aromatic rings. The van der Waals surface area contributed by atoms with Gasteiger partial charge in [0, 0.05) is 25.3 Å². The number of benzene rings is 3. The number of nitrogens with zero attached hydrogens (tertiary/aromatic N) is 3. The average Bonchev–Trinajstić information content (AvgIpc) is 3.41. The van der Waals surface area contributed by atoms with E-state index in [-0.39, 0.29) is 17.3 Å². The van der Waals surface area contributed by atoms with Gasteiger partial charge in [0.05, 0.1) is 29.8 Å². The molecule has 1 aliphatic heterocycles. The quantitative estimate of drug-likeness (QED) is 0.234. The van der Waals surface area contributed by atoms with Gasteiger partial charge < -0.3 is 19.7 Å². The molecule has 0 aliphatic carbocycles. The van der Waals surface area contributed by atoms with E-state index in [0.29, 0.717) is 27.9 Å². The summed E-state index contributed by atoms with van der Waals surface area (Å²) in [5, 5.41) is 11.4. The Kier molecular flexibility index (Phi) is 5.91. The van der Waals surface area contributed by atoms with Crippen LogP contribution in [-0.4, -0.2) is 48.0 Å². The first-order valence-corrected chi connectivity index (χ1v) is 11.6. The van der Waals surface area contributed by atoms with E-state index in [1.165, 1.54) is 23.1 Å². The van der Waals surface area contributed by atoms with Gasteiger partial charge in [0.1, 0.15) is 17.3 Å². The molecule has 37 heavy (non-hydrogen) atoms. The van der Waals surface area contributed by atoms with Crippen LogP contribution in [0.25, 0.3) is 16.8 Å². The number of imidazole rings is 1. The van der Waals surface area contributed by atoms with Gasteiger partial charge in [0.15, 0.2) is 0 Å². The van der Waals surface area contributed by atoms with Crippen LogP contribution in [0.3, 0.4) is 0 Å². The number of aromatic amines is 1. The lowest BCUT2D eigenvalue weighted by molar-refractivity contribution is -0.132. The van der Waals surface area contributed by atoms with Gasteiger partial charge in [-0.3, -0.25) is 14.5 Å². The Morgan fingerprint density at radius 2 is 1.81 bits per heavy atom. The molecule has 1 atom stereocenters. The molecule has 188 valence electrons. The number of halogens is 1. The summed E-state index contributed by atoms with van der Waals surface area (Å²) in [4.78, 5) is 37.3. The minimum atomic E-state index is -0.968. The fraction of sp³-hybridized carbons (Fsp3) is 0.179. The molecule has 1 unspecified atom stereocenters. The number of rotatable bonds is 5. The molecule has 1 fully saturated rings. The molecule has 5 rings (SSSR count). The number of H-pyrrole nitrogens is 1. The van der Waals surface area contributed by atoms with E-state index in [2.05, 4.69) is 9.97 Å². The number of aliphatic hydroxyl groups is 1. The second kappa shape index (κ2) is 9.09. The van der Waals surface area contributed by atoms with E-state index >= 15 is 0 Å². The van der Waals surface area contributed by atoms with Gasteiger partial charge in [-0.15, -0.1) is 0 Å². The molecule has 9 heteroatoms. The minimum absolute atomic E-state index is 0.0705. The van der Waals surface area contributed by atoms with Gasteiger partial charge in [-0.25, -0.2) is 9.37 Å². The summed E-state index contributed by atoms with van der Waals surface area (Å²) >= 11 is 0. The highest BCUT2D eigenvalue weighted by Gasteiger charge is 2.48. The van der Waals surface area contributed by atoms with Crippen molar-refractivity contribution in [2.24, 2.45) is 0 Å². The topological polar surface area (TPSA) is 98.8 Å². The number of carbonyl (C=O) groups excluding carboxylic acids is 2. The lowest BCUT2D eigenvalue weighted by Gasteiger charge is -2.24. The molecule has 0 bridgehead atoms. The van der Waals surface area contributed by atoms with Gasteiger partial charge in [-0.2, -0.15) is 0 Å². The number of aromatic nitrogens is 2. The lowest BCUT2D eigenvalue weighted by Crippen LogP contribution is -2.30. The van der Waals surface area contributed by atoms with Crippen molar-refractivity contribution in [1.82, 2.24) is 9.97 Å². The summed E-state index contributed by atoms with van der Waals surface area (Å²) in [5.74, 6) is -1.77. The van der Waals surface area contributed by atoms with Gasteiger partial charge in [-0.05, 0) is 66.6 Å². The van der Waals surface area contributed by atoms with Crippen molar-refractivity contribution in [3.63, 3.8) is 0 Å². The van der Waals surface area contributed by atoms with Crippen LogP contribution in [-0.2, 0) is 9.59 Å². The first kappa shape index (κ1) is 24.1. The Labute approximate surface area is 212 Å². The highest BCUT2D eigenvalue weighted by molar-refractivity contribution is 6.51. The molecule has 3 aromatic carbocycles. The molecule has 2 N–H and O–H groups in total. The Morgan fingerprint density at radius 3 is 2.46 bits per heavy atom. The van der Waals surface area contributed by atoms with Crippen molar-refractivity contribution in [3.05, 3.63) is 88.7 Å². The van der Waals surface area contributed by atoms with E-state index in [4.69, 9.17) is 4.74 Å². The van der Waals surface area contributed by atoms with E-state index in [1.54, 1.807) is 37.4 Å². The van der Waals surface area contributed by atoms with E-state index < -0.39 is 23.5 Å². The van der Waals surface area contributed by atoms with Crippen LogP contribution in [0.15, 0.2) is 66.2 Å². The number of ether oxygens (including phenoxy) is 1.